The van der Waals surface area contributed by atoms with Crippen molar-refractivity contribution in [3.05, 3.63) is 71.3 Å². The third-order valence-corrected chi connectivity index (χ3v) is 6.45. The van der Waals surface area contributed by atoms with Gasteiger partial charge in [-0.15, -0.1) is 0 Å². The molecule has 2 aromatic carbocycles. The first-order valence-corrected chi connectivity index (χ1v) is 11.0. The van der Waals surface area contributed by atoms with Crippen molar-refractivity contribution in [1.82, 2.24) is 9.80 Å². The third kappa shape index (κ3) is 4.28. The van der Waals surface area contributed by atoms with Crippen LogP contribution in [0.3, 0.4) is 0 Å². The van der Waals surface area contributed by atoms with Gasteiger partial charge in [0.15, 0.2) is 0 Å². The van der Waals surface area contributed by atoms with Gasteiger partial charge in [-0.2, -0.15) is 0 Å². The number of aliphatic hydroxyl groups is 1. The van der Waals surface area contributed by atoms with Crippen LogP contribution in [-0.4, -0.2) is 59.1 Å². The van der Waals surface area contributed by atoms with Crippen molar-refractivity contribution in [2.45, 2.75) is 44.2 Å². The van der Waals surface area contributed by atoms with Crippen molar-refractivity contribution in [1.29, 1.82) is 0 Å². The Morgan fingerprint density at radius 1 is 1.00 bits per heavy atom. The van der Waals surface area contributed by atoms with E-state index < -0.39 is 0 Å². The number of rotatable bonds is 3. The molecular formula is C26H30N2O2. The van der Waals surface area contributed by atoms with E-state index in [-0.39, 0.29) is 30.5 Å². The molecule has 1 N–H and O–H groups in total. The lowest BCUT2D eigenvalue weighted by Gasteiger charge is -2.57. The topological polar surface area (TPSA) is 43.8 Å². The number of carbonyl (C=O) groups is 1. The SMILES string of the molecule is CCC(=O)N1CCCCN2[C@H](C1)[C@@H](c1ccc(C#Cc3ccccc3)cc1)[C@@H]2CO. The summed E-state index contributed by atoms with van der Waals surface area (Å²) in [4.78, 5) is 16.8. The fraction of sp³-hybridized carbons (Fsp3) is 0.423. The van der Waals surface area contributed by atoms with Crippen LogP contribution in [0.15, 0.2) is 54.6 Å². The number of amides is 1. The first-order valence-electron chi connectivity index (χ1n) is 11.0. The molecule has 0 radical (unpaired) electrons. The van der Waals surface area contributed by atoms with Crippen molar-refractivity contribution in [2.24, 2.45) is 0 Å². The van der Waals surface area contributed by atoms with Crippen molar-refractivity contribution in [3.8, 4) is 11.8 Å². The number of fused-ring (bicyclic) bond motifs is 1. The molecule has 0 aromatic heterocycles. The van der Waals surface area contributed by atoms with Gasteiger partial charge in [-0.25, -0.2) is 0 Å². The number of hydrogen-bond donors (Lipinski definition) is 1. The van der Waals surface area contributed by atoms with Gasteiger partial charge in [0.1, 0.15) is 0 Å². The molecule has 156 valence electrons. The summed E-state index contributed by atoms with van der Waals surface area (Å²) < 4.78 is 0. The van der Waals surface area contributed by atoms with Gasteiger partial charge in [-0.05, 0) is 49.2 Å². The number of benzene rings is 2. The highest BCUT2D eigenvalue weighted by Gasteiger charge is 2.49. The summed E-state index contributed by atoms with van der Waals surface area (Å²) >= 11 is 0. The molecule has 2 aliphatic rings. The minimum atomic E-state index is 0.132. The van der Waals surface area contributed by atoms with E-state index in [1.807, 2.05) is 42.2 Å². The number of carbonyl (C=O) groups excluding carboxylic acids is 1. The largest absolute Gasteiger partial charge is 0.395 e. The Hall–Kier alpha value is -2.61. The quantitative estimate of drug-likeness (QED) is 0.802. The van der Waals surface area contributed by atoms with Crippen molar-refractivity contribution in [2.75, 3.05) is 26.2 Å². The van der Waals surface area contributed by atoms with Crippen LogP contribution in [0.5, 0.6) is 0 Å². The van der Waals surface area contributed by atoms with Crippen molar-refractivity contribution in [3.63, 3.8) is 0 Å². The zero-order chi connectivity index (χ0) is 20.9. The van der Waals surface area contributed by atoms with E-state index in [2.05, 4.69) is 41.0 Å². The number of nitrogens with zero attached hydrogens (tertiary/aromatic N) is 2. The van der Waals surface area contributed by atoms with Gasteiger partial charge in [-0.3, -0.25) is 9.69 Å². The van der Waals surface area contributed by atoms with Crippen LogP contribution < -0.4 is 0 Å². The number of aliphatic hydroxyl groups excluding tert-OH is 1. The third-order valence-electron chi connectivity index (χ3n) is 6.45. The molecule has 0 bridgehead atoms. The molecule has 0 unspecified atom stereocenters. The average molecular weight is 403 g/mol. The predicted molar refractivity (Wildman–Crippen MR) is 119 cm³/mol. The molecule has 4 nitrogen and oxygen atoms in total. The second kappa shape index (κ2) is 9.47. The Morgan fingerprint density at radius 3 is 2.33 bits per heavy atom. The van der Waals surface area contributed by atoms with Crippen molar-refractivity contribution >= 4 is 5.91 Å². The molecule has 2 fully saturated rings. The zero-order valence-electron chi connectivity index (χ0n) is 17.6. The fourth-order valence-corrected chi connectivity index (χ4v) is 4.85. The van der Waals surface area contributed by atoms with E-state index in [0.717, 1.165) is 43.6 Å². The molecule has 0 aliphatic carbocycles. The molecule has 0 saturated carbocycles. The van der Waals surface area contributed by atoms with E-state index in [1.54, 1.807) is 0 Å². The summed E-state index contributed by atoms with van der Waals surface area (Å²) in [7, 11) is 0. The number of hydrogen-bond acceptors (Lipinski definition) is 3. The van der Waals surface area contributed by atoms with E-state index >= 15 is 0 Å². The first-order chi connectivity index (χ1) is 14.7. The van der Waals surface area contributed by atoms with Crippen LogP contribution in [0.4, 0.5) is 0 Å². The van der Waals surface area contributed by atoms with E-state index in [4.69, 9.17) is 0 Å². The average Bonchev–Trinajstić information content (AvgIpc) is 2.77. The molecule has 3 atom stereocenters. The molecule has 2 aromatic rings. The predicted octanol–water partition coefficient (Wildman–Crippen LogP) is 3.25. The van der Waals surface area contributed by atoms with E-state index in [0.29, 0.717) is 6.42 Å². The molecule has 2 heterocycles. The maximum atomic E-state index is 12.4. The van der Waals surface area contributed by atoms with Crippen LogP contribution in [0.25, 0.3) is 0 Å². The second-order valence-corrected chi connectivity index (χ2v) is 8.22. The monoisotopic (exact) mass is 402 g/mol. The van der Waals surface area contributed by atoms with E-state index in [9.17, 15) is 9.90 Å². The Morgan fingerprint density at radius 2 is 1.67 bits per heavy atom. The minimum absolute atomic E-state index is 0.132. The standard InChI is InChI=1S/C26H30N2O2/c1-2-25(30)27-16-6-7-17-28-23(18-27)26(24(28)19-29)22-14-12-21(13-15-22)11-10-20-8-4-3-5-9-20/h3-5,8-9,12-15,23-24,26,29H,2,6-7,16-19H2,1H3/t23-,24+,26-/m1/s1. The van der Waals surface area contributed by atoms with Crippen molar-refractivity contribution < 1.29 is 9.90 Å². The van der Waals surface area contributed by atoms with Gasteiger partial charge >= 0.3 is 0 Å². The van der Waals surface area contributed by atoms with Crippen LogP contribution in [0, 0.1) is 11.8 Å². The highest BCUT2D eigenvalue weighted by Crippen LogP contribution is 2.42. The van der Waals surface area contributed by atoms with Gasteiger partial charge in [0.05, 0.1) is 6.61 Å². The van der Waals surface area contributed by atoms with Gasteiger partial charge in [-0.1, -0.05) is 49.1 Å². The molecule has 30 heavy (non-hydrogen) atoms. The molecule has 4 rings (SSSR count). The van der Waals surface area contributed by atoms with Crippen LogP contribution >= 0.6 is 0 Å². The lowest BCUT2D eigenvalue weighted by atomic mass is 9.74. The molecule has 4 heteroatoms. The lowest BCUT2D eigenvalue weighted by Crippen LogP contribution is -2.67. The normalized spacial score (nSPS) is 23.9. The highest BCUT2D eigenvalue weighted by molar-refractivity contribution is 5.75. The minimum Gasteiger partial charge on any atom is -0.395 e. The van der Waals surface area contributed by atoms with Gasteiger partial charge in [0, 0.05) is 48.6 Å². The highest BCUT2D eigenvalue weighted by atomic mass is 16.3. The molecular weight excluding hydrogens is 372 g/mol. The zero-order valence-corrected chi connectivity index (χ0v) is 17.6. The maximum absolute atomic E-state index is 12.4. The smallest absolute Gasteiger partial charge is 0.222 e. The van der Waals surface area contributed by atoms with Gasteiger partial charge in [0.2, 0.25) is 5.91 Å². The Labute approximate surface area is 179 Å². The summed E-state index contributed by atoms with van der Waals surface area (Å²) in [5.41, 5.74) is 3.22. The Balaban J connectivity index is 1.53. The molecule has 2 aliphatic heterocycles. The first kappa shape index (κ1) is 20.7. The van der Waals surface area contributed by atoms with Crippen LogP contribution in [0.2, 0.25) is 0 Å². The fourth-order valence-electron chi connectivity index (χ4n) is 4.85. The van der Waals surface area contributed by atoms with Gasteiger partial charge in [0.25, 0.3) is 0 Å². The van der Waals surface area contributed by atoms with E-state index in [1.165, 1.54) is 5.56 Å². The summed E-state index contributed by atoms with van der Waals surface area (Å²) in [6, 6.07) is 18.8. The summed E-state index contributed by atoms with van der Waals surface area (Å²) in [6.45, 7) is 4.69. The van der Waals surface area contributed by atoms with Gasteiger partial charge < -0.3 is 10.0 Å². The Kier molecular flexibility index (Phi) is 6.52. The lowest BCUT2D eigenvalue weighted by molar-refractivity contribution is -0.136. The molecule has 1 amide bonds. The van der Waals surface area contributed by atoms with Crippen LogP contribution in [-0.2, 0) is 4.79 Å². The maximum Gasteiger partial charge on any atom is 0.222 e. The van der Waals surface area contributed by atoms with Crippen LogP contribution in [0.1, 0.15) is 48.8 Å². The second-order valence-electron chi connectivity index (χ2n) is 8.22. The molecule has 0 spiro atoms. The molecule has 2 saturated heterocycles. The summed E-state index contributed by atoms with van der Waals surface area (Å²) in [5, 5.41) is 10.1. The Bertz CT molecular complexity index is 914. The summed E-state index contributed by atoms with van der Waals surface area (Å²) in [6.07, 6.45) is 2.66. The summed E-state index contributed by atoms with van der Waals surface area (Å²) in [5.74, 6) is 6.91.